The van der Waals surface area contributed by atoms with Crippen LogP contribution in [-0.2, 0) is 12.4 Å². The van der Waals surface area contributed by atoms with Crippen LogP contribution in [0.4, 0.5) is 47.0 Å². The molecule has 184 valence electrons. The molecule has 4 rings (SSSR count). The molecule has 0 N–H and O–H groups in total. The molecule has 2 fully saturated rings. The van der Waals surface area contributed by atoms with Crippen molar-refractivity contribution in [1.82, 2.24) is 4.98 Å². The smallest absolute Gasteiger partial charge is 0.407 e. The molecule has 1 saturated carbocycles. The Kier molecular flexibility index (Phi) is 5.68. The zero-order chi connectivity index (χ0) is 25.1. The average molecular weight is 491 g/mol. The molecule has 5 nitrogen and oxygen atoms in total. The lowest BCUT2D eigenvalue weighted by Crippen LogP contribution is -2.60. The van der Waals surface area contributed by atoms with E-state index >= 15 is 0 Å². The Labute approximate surface area is 190 Å². The van der Waals surface area contributed by atoms with Crippen LogP contribution in [0.1, 0.15) is 36.1 Å². The summed E-state index contributed by atoms with van der Waals surface area (Å²) in [6.45, 7) is 1.86. The number of pyridine rings is 1. The Bertz CT molecular complexity index is 1120. The number of ether oxygens (including phenoxy) is 1. The van der Waals surface area contributed by atoms with Crippen LogP contribution in [0.3, 0.4) is 0 Å². The summed E-state index contributed by atoms with van der Waals surface area (Å²) in [5.74, 6) is -1.77. The van der Waals surface area contributed by atoms with Gasteiger partial charge in [0.05, 0.1) is 16.9 Å². The number of hydrogen-bond acceptors (Lipinski definition) is 4. The molecular formula is C22H20F7N3O2. The normalized spacial score (nSPS) is 17.3. The third-order valence-electron chi connectivity index (χ3n) is 6.32. The third kappa shape index (κ3) is 4.37. The second-order valence-electron chi connectivity index (χ2n) is 8.74. The Balaban J connectivity index is 1.74. The molecule has 1 saturated heterocycles. The van der Waals surface area contributed by atoms with Crippen LogP contribution < -0.4 is 14.5 Å². The summed E-state index contributed by atoms with van der Waals surface area (Å²) >= 11 is 0. The van der Waals surface area contributed by atoms with Gasteiger partial charge in [0, 0.05) is 25.6 Å². The minimum absolute atomic E-state index is 0.0604. The molecule has 0 radical (unpaired) electrons. The van der Waals surface area contributed by atoms with E-state index in [1.807, 2.05) is 0 Å². The van der Waals surface area contributed by atoms with Crippen LogP contribution in [0.2, 0.25) is 0 Å². The number of carbonyl (C=O) groups is 1. The standard InChI is InChI=1S/C22H20F7N3O2/c1-12-15(23)4-5-17(30-12)31(2)19(33)34-18-14(22(27,28)29)8-13(21(24,25)26)9-16(18)32-10-20(11-32)6-3-7-20/h4-5,8-9H,3,6-7,10-11H2,1-2H3. The molecule has 1 aliphatic heterocycles. The number of halogens is 7. The van der Waals surface area contributed by atoms with Crippen molar-refractivity contribution in [2.24, 2.45) is 5.41 Å². The number of amides is 1. The van der Waals surface area contributed by atoms with Gasteiger partial charge in [-0.05, 0) is 44.0 Å². The summed E-state index contributed by atoms with van der Waals surface area (Å²) in [5.41, 5.74) is -3.84. The molecule has 1 amide bonds. The number of nitrogens with zero attached hydrogens (tertiary/aromatic N) is 3. The monoisotopic (exact) mass is 491 g/mol. The van der Waals surface area contributed by atoms with Gasteiger partial charge in [0.15, 0.2) is 5.75 Å². The maximum absolute atomic E-state index is 13.8. The van der Waals surface area contributed by atoms with Crippen LogP contribution >= 0.6 is 0 Å². The van der Waals surface area contributed by atoms with Crippen molar-refractivity contribution >= 4 is 17.6 Å². The molecular weight excluding hydrogens is 471 g/mol. The van der Waals surface area contributed by atoms with Crippen LogP contribution in [0, 0.1) is 18.2 Å². The lowest BCUT2D eigenvalue weighted by molar-refractivity contribution is -0.143. The fourth-order valence-corrected chi connectivity index (χ4v) is 4.22. The molecule has 2 aliphatic rings. The van der Waals surface area contributed by atoms with Gasteiger partial charge in [-0.25, -0.2) is 14.2 Å². The Morgan fingerprint density at radius 2 is 1.74 bits per heavy atom. The number of hydrogen-bond donors (Lipinski definition) is 0. The van der Waals surface area contributed by atoms with E-state index < -0.39 is 46.8 Å². The van der Waals surface area contributed by atoms with E-state index in [0.29, 0.717) is 6.07 Å². The van der Waals surface area contributed by atoms with Gasteiger partial charge in [-0.15, -0.1) is 0 Å². The van der Waals surface area contributed by atoms with Gasteiger partial charge in [-0.1, -0.05) is 6.42 Å². The minimum atomic E-state index is -5.23. The highest BCUT2D eigenvalue weighted by Crippen LogP contribution is 2.53. The van der Waals surface area contributed by atoms with Gasteiger partial charge in [0.25, 0.3) is 0 Å². The second kappa shape index (κ2) is 8.02. The summed E-state index contributed by atoms with van der Waals surface area (Å²) < 4.78 is 100. The maximum Gasteiger partial charge on any atom is 0.420 e. The zero-order valence-electron chi connectivity index (χ0n) is 18.1. The summed E-state index contributed by atoms with van der Waals surface area (Å²) in [5, 5.41) is 0. The summed E-state index contributed by atoms with van der Waals surface area (Å²) in [6.07, 6.45) is -8.97. The predicted molar refractivity (Wildman–Crippen MR) is 108 cm³/mol. The van der Waals surface area contributed by atoms with Gasteiger partial charge in [0.1, 0.15) is 17.2 Å². The Morgan fingerprint density at radius 1 is 1.09 bits per heavy atom. The molecule has 1 aromatic heterocycles. The highest BCUT2D eigenvalue weighted by Gasteiger charge is 2.50. The second-order valence-corrected chi connectivity index (χ2v) is 8.74. The molecule has 1 spiro atoms. The Morgan fingerprint density at radius 3 is 2.24 bits per heavy atom. The highest BCUT2D eigenvalue weighted by atomic mass is 19.4. The lowest BCUT2D eigenvalue weighted by Gasteiger charge is -2.57. The first-order chi connectivity index (χ1) is 15.7. The van der Waals surface area contributed by atoms with Crippen LogP contribution in [0.25, 0.3) is 0 Å². The first-order valence-corrected chi connectivity index (χ1v) is 10.4. The summed E-state index contributed by atoms with van der Waals surface area (Å²) in [4.78, 5) is 18.7. The number of alkyl halides is 6. The Hall–Kier alpha value is -3.05. The largest absolute Gasteiger partial charge is 0.420 e. The van der Waals surface area contributed by atoms with E-state index in [-0.39, 0.29) is 36.1 Å². The first kappa shape index (κ1) is 24.1. The number of rotatable bonds is 3. The topological polar surface area (TPSA) is 45.7 Å². The van der Waals surface area contributed by atoms with Crippen molar-refractivity contribution in [2.75, 3.05) is 29.9 Å². The molecule has 0 atom stereocenters. The van der Waals surface area contributed by atoms with E-state index in [1.165, 1.54) is 11.8 Å². The fraction of sp³-hybridized carbons (Fsp3) is 0.455. The quantitative estimate of drug-likeness (QED) is 0.481. The van der Waals surface area contributed by atoms with Gasteiger partial charge < -0.3 is 9.64 Å². The van der Waals surface area contributed by atoms with Gasteiger partial charge in [-0.2, -0.15) is 26.3 Å². The van der Waals surface area contributed by atoms with Crippen molar-refractivity contribution in [3.8, 4) is 5.75 Å². The molecule has 1 aromatic carbocycles. The minimum Gasteiger partial charge on any atom is -0.407 e. The van der Waals surface area contributed by atoms with E-state index in [2.05, 4.69) is 4.98 Å². The van der Waals surface area contributed by atoms with Gasteiger partial charge in [-0.3, -0.25) is 4.90 Å². The molecule has 0 unspecified atom stereocenters. The van der Waals surface area contributed by atoms with Crippen molar-refractivity contribution in [2.45, 2.75) is 38.5 Å². The number of aryl methyl sites for hydroxylation is 1. The van der Waals surface area contributed by atoms with Crippen molar-refractivity contribution < 1.29 is 40.3 Å². The van der Waals surface area contributed by atoms with Gasteiger partial charge in [0.2, 0.25) is 0 Å². The first-order valence-electron chi connectivity index (χ1n) is 10.4. The summed E-state index contributed by atoms with van der Waals surface area (Å²) in [6, 6.07) is 2.65. The molecule has 2 aromatic rings. The number of anilines is 2. The van der Waals surface area contributed by atoms with Crippen LogP contribution in [0.15, 0.2) is 24.3 Å². The van der Waals surface area contributed by atoms with E-state index in [1.54, 1.807) is 0 Å². The van der Waals surface area contributed by atoms with Crippen molar-refractivity contribution in [1.29, 1.82) is 0 Å². The average Bonchev–Trinajstić information content (AvgIpc) is 2.66. The number of aromatic nitrogens is 1. The SMILES string of the molecule is Cc1nc(N(C)C(=O)Oc2c(N3CC4(CCC4)C3)cc(C(F)(F)F)cc2C(F)(F)F)ccc1F. The van der Waals surface area contributed by atoms with Crippen molar-refractivity contribution in [3.63, 3.8) is 0 Å². The molecule has 0 bridgehead atoms. The maximum atomic E-state index is 13.8. The van der Waals surface area contributed by atoms with E-state index in [9.17, 15) is 35.5 Å². The van der Waals surface area contributed by atoms with E-state index in [4.69, 9.17) is 4.74 Å². The lowest BCUT2D eigenvalue weighted by atomic mass is 9.63. The summed E-state index contributed by atoms with van der Waals surface area (Å²) in [7, 11) is 1.14. The van der Waals surface area contributed by atoms with Crippen molar-refractivity contribution in [3.05, 3.63) is 46.9 Å². The van der Waals surface area contributed by atoms with Gasteiger partial charge >= 0.3 is 18.4 Å². The zero-order valence-corrected chi connectivity index (χ0v) is 18.1. The van der Waals surface area contributed by atoms with Crippen LogP contribution in [-0.4, -0.2) is 31.2 Å². The number of carbonyl (C=O) groups excluding carboxylic acids is 1. The molecule has 34 heavy (non-hydrogen) atoms. The third-order valence-corrected chi connectivity index (χ3v) is 6.32. The molecule has 2 heterocycles. The molecule has 1 aliphatic carbocycles. The molecule has 12 heteroatoms. The van der Waals surface area contributed by atoms with E-state index in [0.717, 1.165) is 43.3 Å². The number of benzene rings is 1. The fourth-order valence-electron chi connectivity index (χ4n) is 4.22. The predicted octanol–water partition coefficient (Wildman–Crippen LogP) is 6.19. The van der Waals surface area contributed by atoms with Crippen LogP contribution in [0.5, 0.6) is 5.75 Å². The highest BCUT2D eigenvalue weighted by molar-refractivity contribution is 5.89.